The van der Waals surface area contributed by atoms with Crippen molar-refractivity contribution >= 4 is 23.4 Å². The van der Waals surface area contributed by atoms with Gasteiger partial charge in [0.1, 0.15) is 18.2 Å². The number of carbonyl (C=O) groups excluding carboxylic acids is 1. The summed E-state index contributed by atoms with van der Waals surface area (Å²) in [7, 11) is 0. The molecule has 0 spiro atoms. The minimum Gasteiger partial charge on any atom is -0.486 e. The molecular formula is C25H25FN6O2S. The number of thioether (sulfide) groups is 1. The van der Waals surface area contributed by atoms with Crippen molar-refractivity contribution in [1.29, 1.82) is 0 Å². The van der Waals surface area contributed by atoms with Crippen LogP contribution in [0.5, 0.6) is 5.75 Å². The number of allylic oxidation sites excluding steroid dienone is 1. The average molecular weight is 493 g/mol. The van der Waals surface area contributed by atoms with E-state index in [9.17, 15) is 9.18 Å². The van der Waals surface area contributed by atoms with E-state index in [2.05, 4.69) is 27.2 Å². The lowest BCUT2D eigenvalue weighted by molar-refractivity contribution is -0.113. The summed E-state index contributed by atoms with van der Waals surface area (Å²) in [5, 5.41) is 16.5. The lowest BCUT2D eigenvalue weighted by atomic mass is 10.3. The van der Waals surface area contributed by atoms with E-state index in [0.29, 0.717) is 29.0 Å². The summed E-state index contributed by atoms with van der Waals surface area (Å²) < 4.78 is 22.4. The third kappa shape index (κ3) is 5.78. The fourth-order valence-corrected chi connectivity index (χ4v) is 4.24. The van der Waals surface area contributed by atoms with Gasteiger partial charge < -0.3 is 10.1 Å². The van der Waals surface area contributed by atoms with Gasteiger partial charge in [-0.3, -0.25) is 9.36 Å². The van der Waals surface area contributed by atoms with Crippen LogP contribution in [0.4, 0.5) is 10.1 Å². The zero-order valence-electron chi connectivity index (χ0n) is 19.4. The fraction of sp³-hybridized carbons (Fsp3) is 0.200. The lowest BCUT2D eigenvalue weighted by Gasteiger charge is -2.10. The van der Waals surface area contributed by atoms with Crippen molar-refractivity contribution in [2.75, 3.05) is 11.1 Å². The summed E-state index contributed by atoms with van der Waals surface area (Å²) in [5.41, 5.74) is 3.21. The Morgan fingerprint density at radius 2 is 1.89 bits per heavy atom. The number of ether oxygens (including phenoxy) is 1. The maximum atomic E-state index is 13.1. The number of carbonyl (C=O) groups is 1. The SMILES string of the molecule is C=CCn1c(COc2ccc(F)cc2)nnc1SCC(=O)Nc1c(C)nn(-c2ccccc2)c1C. The van der Waals surface area contributed by atoms with Gasteiger partial charge in [0, 0.05) is 6.54 Å². The van der Waals surface area contributed by atoms with Gasteiger partial charge >= 0.3 is 0 Å². The predicted octanol–water partition coefficient (Wildman–Crippen LogP) is 4.72. The number of hydrogen-bond acceptors (Lipinski definition) is 6. The first-order valence-electron chi connectivity index (χ1n) is 10.9. The van der Waals surface area contributed by atoms with Crippen molar-refractivity contribution in [3.63, 3.8) is 0 Å². The first kappa shape index (κ1) is 24.2. The zero-order chi connectivity index (χ0) is 24.8. The number of benzene rings is 2. The molecule has 0 radical (unpaired) electrons. The van der Waals surface area contributed by atoms with Crippen molar-refractivity contribution in [2.45, 2.75) is 32.2 Å². The van der Waals surface area contributed by atoms with Crippen LogP contribution >= 0.6 is 11.8 Å². The Kier molecular flexibility index (Phi) is 7.61. The molecule has 0 atom stereocenters. The molecule has 0 saturated carbocycles. The average Bonchev–Trinajstić information content (AvgIpc) is 3.38. The molecule has 2 heterocycles. The van der Waals surface area contributed by atoms with Crippen molar-refractivity contribution < 1.29 is 13.9 Å². The Morgan fingerprint density at radius 3 is 2.60 bits per heavy atom. The number of hydrogen-bond donors (Lipinski definition) is 1. The summed E-state index contributed by atoms with van der Waals surface area (Å²) in [6.07, 6.45) is 1.72. The van der Waals surface area contributed by atoms with E-state index < -0.39 is 0 Å². The van der Waals surface area contributed by atoms with Crippen LogP contribution in [0.25, 0.3) is 5.69 Å². The van der Waals surface area contributed by atoms with Crippen LogP contribution < -0.4 is 10.1 Å². The number of amides is 1. The number of nitrogens with one attached hydrogen (secondary N) is 1. The van der Waals surface area contributed by atoms with Gasteiger partial charge in [-0.25, -0.2) is 9.07 Å². The summed E-state index contributed by atoms with van der Waals surface area (Å²) in [4.78, 5) is 12.7. The molecular weight excluding hydrogens is 467 g/mol. The molecule has 4 aromatic rings. The van der Waals surface area contributed by atoms with Crippen molar-refractivity contribution in [1.82, 2.24) is 24.5 Å². The molecule has 1 amide bonds. The van der Waals surface area contributed by atoms with Crippen LogP contribution in [0.1, 0.15) is 17.2 Å². The smallest absolute Gasteiger partial charge is 0.234 e. The summed E-state index contributed by atoms with van der Waals surface area (Å²) >= 11 is 1.27. The van der Waals surface area contributed by atoms with Crippen molar-refractivity contribution in [3.05, 3.63) is 90.3 Å². The Balaban J connectivity index is 1.40. The van der Waals surface area contributed by atoms with Gasteiger partial charge in [-0.1, -0.05) is 36.0 Å². The Bertz CT molecular complexity index is 1320. The standard InChI is InChI=1S/C25H25FN6O2S/c1-4-14-31-22(15-34-21-12-10-19(26)11-13-21)28-29-25(31)35-16-23(33)27-24-17(2)30-32(18(24)3)20-8-6-5-7-9-20/h4-13H,1,14-16H2,2-3H3,(H,27,33). The first-order chi connectivity index (χ1) is 17.0. The maximum Gasteiger partial charge on any atom is 0.234 e. The molecule has 0 unspecified atom stereocenters. The molecule has 1 N–H and O–H groups in total. The normalized spacial score (nSPS) is 10.8. The third-order valence-corrected chi connectivity index (χ3v) is 6.14. The highest BCUT2D eigenvalue weighted by atomic mass is 32.2. The molecule has 35 heavy (non-hydrogen) atoms. The summed E-state index contributed by atoms with van der Waals surface area (Å²) in [5.74, 6) is 0.736. The minimum atomic E-state index is -0.332. The van der Waals surface area contributed by atoms with Crippen LogP contribution in [0.2, 0.25) is 0 Å². The second kappa shape index (κ2) is 11.0. The molecule has 4 rings (SSSR count). The number of nitrogens with zero attached hydrogens (tertiary/aromatic N) is 5. The van der Waals surface area contributed by atoms with Gasteiger partial charge in [-0.05, 0) is 50.2 Å². The quantitative estimate of drug-likeness (QED) is 0.255. The van der Waals surface area contributed by atoms with Gasteiger partial charge in [0.25, 0.3) is 0 Å². The van der Waals surface area contributed by atoms with E-state index in [1.54, 1.807) is 18.2 Å². The summed E-state index contributed by atoms with van der Waals surface area (Å²) in [6.45, 7) is 8.18. The van der Waals surface area contributed by atoms with Gasteiger partial charge in [-0.2, -0.15) is 5.10 Å². The molecule has 2 aromatic carbocycles. The van der Waals surface area contributed by atoms with Crippen LogP contribution in [0.15, 0.2) is 72.4 Å². The maximum absolute atomic E-state index is 13.1. The molecule has 180 valence electrons. The molecule has 8 nitrogen and oxygen atoms in total. The number of aryl methyl sites for hydroxylation is 1. The highest BCUT2D eigenvalue weighted by Crippen LogP contribution is 2.24. The highest BCUT2D eigenvalue weighted by molar-refractivity contribution is 7.99. The largest absolute Gasteiger partial charge is 0.486 e. The van der Waals surface area contributed by atoms with Crippen molar-refractivity contribution in [2.24, 2.45) is 0 Å². The predicted molar refractivity (Wildman–Crippen MR) is 133 cm³/mol. The zero-order valence-corrected chi connectivity index (χ0v) is 20.3. The van der Waals surface area contributed by atoms with E-state index >= 15 is 0 Å². The van der Waals surface area contributed by atoms with E-state index in [0.717, 1.165) is 17.1 Å². The number of halogens is 1. The lowest BCUT2D eigenvalue weighted by Crippen LogP contribution is -2.16. The molecule has 0 aliphatic carbocycles. The first-order valence-corrected chi connectivity index (χ1v) is 11.9. The van der Waals surface area contributed by atoms with Crippen LogP contribution in [0, 0.1) is 19.7 Å². The van der Waals surface area contributed by atoms with E-state index in [4.69, 9.17) is 4.74 Å². The monoisotopic (exact) mass is 492 g/mol. The van der Waals surface area contributed by atoms with Crippen molar-refractivity contribution in [3.8, 4) is 11.4 Å². The van der Waals surface area contributed by atoms with E-state index in [1.165, 1.54) is 23.9 Å². The highest BCUT2D eigenvalue weighted by Gasteiger charge is 2.18. The second-order valence-electron chi connectivity index (χ2n) is 7.67. The fourth-order valence-electron chi connectivity index (χ4n) is 3.47. The number of anilines is 1. The van der Waals surface area contributed by atoms with Crippen LogP contribution in [-0.2, 0) is 17.9 Å². The Hall–Kier alpha value is -3.92. The Morgan fingerprint density at radius 1 is 1.14 bits per heavy atom. The Labute approximate surface area is 206 Å². The number of aromatic nitrogens is 5. The van der Waals surface area contributed by atoms with Crippen LogP contribution in [0.3, 0.4) is 0 Å². The number of para-hydroxylation sites is 1. The van der Waals surface area contributed by atoms with Gasteiger partial charge in [0.2, 0.25) is 5.91 Å². The third-order valence-electron chi connectivity index (χ3n) is 5.18. The molecule has 0 aliphatic heterocycles. The van der Waals surface area contributed by atoms with E-state index in [1.807, 2.05) is 53.4 Å². The van der Waals surface area contributed by atoms with Gasteiger partial charge in [0.15, 0.2) is 11.0 Å². The van der Waals surface area contributed by atoms with Gasteiger partial charge in [0.05, 0.1) is 28.5 Å². The number of rotatable bonds is 10. The van der Waals surface area contributed by atoms with E-state index in [-0.39, 0.29) is 24.1 Å². The molecule has 0 bridgehead atoms. The molecule has 10 heteroatoms. The minimum absolute atomic E-state index is 0.142. The topological polar surface area (TPSA) is 86.9 Å². The molecule has 2 aromatic heterocycles. The molecule has 0 fully saturated rings. The van der Waals surface area contributed by atoms with Crippen LogP contribution in [-0.4, -0.2) is 36.2 Å². The second-order valence-corrected chi connectivity index (χ2v) is 8.61. The molecule has 0 saturated heterocycles. The van der Waals surface area contributed by atoms with Gasteiger partial charge in [-0.15, -0.1) is 16.8 Å². The molecule has 0 aliphatic rings. The summed E-state index contributed by atoms with van der Waals surface area (Å²) in [6, 6.07) is 15.5.